The van der Waals surface area contributed by atoms with Gasteiger partial charge in [0.2, 0.25) is 0 Å². The highest BCUT2D eigenvalue weighted by Crippen LogP contribution is 2.32. The van der Waals surface area contributed by atoms with Gasteiger partial charge in [-0.05, 0) is 37.3 Å². The summed E-state index contributed by atoms with van der Waals surface area (Å²) in [6, 6.07) is 12.1. The summed E-state index contributed by atoms with van der Waals surface area (Å²) in [7, 11) is 0. The molecule has 0 amide bonds. The molecule has 0 atom stereocenters. The SMILES string of the molecule is CCOC(=O)c1cc(-c2ccc(Cl)cc2)nc2c(Cl)cc(Cl)cc12. The quantitative estimate of drug-likeness (QED) is 0.520. The zero-order chi connectivity index (χ0) is 17.3. The van der Waals surface area contributed by atoms with Crippen molar-refractivity contribution in [2.75, 3.05) is 6.61 Å². The Hall–Kier alpha value is -1.81. The number of hydrogen-bond donors (Lipinski definition) is 0. The Morgan fingerprint density at radius 3 is 2.42 bits per heavy atom. The van der Waals surface area contributed by atoms with Crippen molar-refractivity contribution < 1.29 is 9.53 Å². The maximum absolute atomic E-state index is 12.4. The Bertz CT molecular complexity index is 924. The summed E-state index contributed by atoms with van der Waals surface area (Å²) in [5, 5.41) is 1.98. The van der Waals surface area contributed by atoms with Crippen LogP contribution in [-0.4, -0.2) is 17.6 Å². The van der Waals surface area contributed by atoms with Crippen LogP contribution in [0, 0.1) is 0 Å². The molecule has 3 aromatic rings. The van der Waals surface area contributed by atoms with Crippen molar-refractivity contribution in [2.45, 2.75) is 6.92 Å². The monoisotopic (exact) mass is 379 g/mol. The molecule has 0 bridgehead atoms. The molecule has 24 heavy (non-hydrogen) atoms. The van der Waals surface area contributed by atoms with Gasteiger partial charge < -0.3 is 4.74 Å². The summed E-state index contributed by atoms with van der Waals surface area (Å²) >= 11 is 18.3. The van der Waals surface area contributed by atoms with Gasteiger partial charge in [-0.25, -0.2) is 9.78 Å². The standard InChI is InChI=1S/C18H12Cl3NO2/c1-2-24-18(23)14-9-16(10-3-5-11(19)6-4-10)22-17-13(14)7-12(20)8-15(17)21/h3-9H,2H2,1H3. The van der Waals surface area contributed by atoms with Crippen LogP contribution in [0.1, 0.15) is 17.3 Å². The van der Waals surface area contributed by atoms with E-state index in [4.69, 9.17) is 39.5 Å². The minimum absolute atomic E-state index is 0.271. The number of pyridine rings is 1. The van der Waals surface area contributed by atoms with E-state index in [0.717, 1.165) is 5.56 Å². The minimum Gasteiger partial charge on any atom is -0.462 e. The van der Waals surface area contributed by atoms with Gasteiger partial charge in [-0.3, -0.25) is 0 Å². The maximum Gasteiger partial charge on any atom is 0.338 e. The topological polar surface area (TPSA) is 39.2 Å². The first-order valence-corrected chi connectivity index (χ1v) is 8.36. The van der Waals surface area contributed by atoms with E-state index in [2.05, 4.69) is 4.98 Å². The zero-order valence-corrected chi connectivity index (χ0v) is 14.9. The van der Waals surface area contributed by atoms with Crippen LogP contribution in [0.3, 0.4) is 0 Å². The van der Waals surface area contributed by atoms with Gasteiger partial charge in [-0.1, -0.05) is 46.9 Å². The predicted molar refractivity (Wildman–Crippen MR) is 98.2 cm³/mol. The zero-order valence-electron chi connectivity index (χ0n) is 12.6. The van der Waals surface area contributed by atoms with E-state index in [0.29, 0.717) is 37.2 Å². The second-order valence-corrected chi connectivity index (χ2v) is 6.35. The molecule has 0 aliphatic carbocycles. The van der Waals surface area contributed by atoms with Crippen LogP contribution in [0.25, 0.3) is 22.2 Å². The van der Waals surface area contributed by atoms with Gasteiger partial charge in [-0.15, -0.1) is 0 Å². The second kappa shape index (κ2) is 6.98. The number of hydrogen-bond acceptors (Lipinski definition) is 3. The van der Waals surface area contributed by atoms with Crippen LogP contribution >= 0.6 is 34.8 Å². The highest BCUT2D eigenvalue weighted by atomic mass is 35.5. The third-order valence-electron chi connectivity index (χ3n) is 3.47. The first kappa shape index (κ1) is 17.0. The third kappa shape index (κ3) is 3.34. The molecule has 2 aromatic carbocycles. The molecule has 0 spiro atoms. The lowest BCUT2D eigenvalue weighted by molar-refractivity contribution is 0.0528. The Labute approximate surface area is 154 Å². The van der Waals surface area contributed by atoms with Gasteiger partial charge in [0.1, 0.15) is 0 Å². The molecule has 1 heterocycles. The summed E-state index contributed by atoms with van der Waals surface area (Å²) in [6.45, 7) is 2.02. The van der Waals surface area contributed by atoms with Crippen molar-refractivity contribution in [3.8, 4) is 11.3 Å². The van der Waals surface area contributed by atoms with Crippen LogP contribution in [0.2, 0.25) is 15.1 Å². The third-order valence-corrected chi connectivity index (χ3v) is 4.23. The molecule has 0 saturated heterocycles. The molecular formula is C18H12Cl3NO2. The molecule has 0 fully saturated rings. The van der Waals surface area contributed by atoms with E-state index in [-0.39, 0.29) is 6.61 Å². The van der Waals surface area contributed by atoms with Crippen molar-refractivity contribution in [3.05, 3.63) is 63.1 Å². The van der Waals surface area contributed by atoms with E-state index in [9.17, 15) is 4.79 Å². The molecule has 1 aromatic heterocycles. The number of benzene rings is 2. The lowest BCUT2D eigenvalue weighted by Gasteiger charge is -2.11. The Balaban J connectivity index is 2.29. The number of carbonyl (C=O) groups is 1. The molecule has 0 radical (unpaired) electrons. The number of fused-ring (bicyclic) bond motifs is 1. The fourth-order valence-corrected chi connectivity index (χ4v) is 3.06. The molecule has 3 rings (SSSR count). The molecule has 3 nitrogen and oxygen atoms in total. The molecule has 0 saturated carbocycles. The van der Waals surface area contributed by atoms with Crippen LogP contribution in [-0.2, 0) is 4.74 Å². The van der Waals surface area contributed by atoms with Gasteiger partial charge >= 0.3 is 5.97 Å². The Morgan fingerprint density at radius 2 is 1.75 bits per heavy atom. The number of esters is 1. The van der Waals surface area contributed by atoms with E-state index in [1.807, 2.05) is 12.1 Å². The first-order chi connectivity index (χ1) is 11.5. The van der Waals surface area contributed by atoms with Crippen LogP contribution in [0.15, 0.2) is 42.5 Å². The second-order valence-electron chi connectivity index (χ2n) is 5.07. The smallest absolute Gasteiger partial charge is 0.338 e. The Morgan fingerprint density at radius 1 is 1.04 bits per heavy atom. The van der Waals surface area contributed by atoms with Crippen molar-refractivity contribution in [3.63, 3.8) is 0 Å². The van der Waals surface area contributed by atoms with E-state index < -0.39 is 5.97 Å². The summed E-state index contributed by atoms with van der Waals surface area (Å²) in [5.74, 6) is -0.446. The van der Waals surface area contributed by atoms with Crippen LogP contribution in [0.5, 0.6) is 0 Å². The number of ether oxygens (including phenoxy) is 1. The normalized spacial score (nSPS) is 10.8. The fourth-order valence-electron chi connectivity index (χ4n) is 2.40. The van der Waals surface area contributed by atoms with Gasteiger partial charge in [0.25, 0.3) is 0 Å². The fraction of sp³-hybridized carbons (Fsp3) is 0.111. The van der Waals surface area contributed by atoms with Crippen molar-refractivity contribution in [1.82, 2.24) is 4.98 Å². The summed E-state index contributed by atoms with van der Waals surface area (Å²) in [5.41, 5.74) is 2.29. The highest BCUT2D eigenvalue weighted by Gasteiger charge is 2.17. The van der Waals surface area contributed by atoms with Gasteiger partial charge in [0, 0.05) is 21.0 Å². The minimum atomic E-state index is -0.446. The van der Waals surface area contributed by atoms with Crippen LogP contribution in [0.4, 0.5) is 0 Å². The molecule has 122 valence electrons. The summed E-state index contributed by atoms with van der Waals surface area (Å²) in [6.07, 6.45) is 0. The summed E-state index contributed by atoms with van der Waals surface area (Å²) in [4.78, 5) is 16.9. The average molecular weight is 381 g/mol. The van der Waals surface area contributed by atoms with Crippen molar-refractivity contribution >= 4 is 51.7 Å². The molecular weight excluding hydrogens is 369 g/mol. The number of aromatic nitrogens is 1. The lowest BCUT2D eigenvalue weighted by Crippen LogP contribution is -2.06. The molecule has 6 heteroatoms. The van der Waals surface area contributed by atoms with Crippen molar-refractivity contribution in [1.29, 1.82) is 0 Å². The number of carbonyl (C=O) groups excluding carboxylic acids is 1. The largest absolute Gasteiger partial charge is 0.462 e. The predicted octanol–water partition coefficient (Wildman–Crippen LogP) is 6.04. The van der Waals surface area contributed by atoms with Gasteiger partial charge in [0.05, 0.1) is 28.4 Å². The van der Waals surface area contributed by atoms with Gasteiger partial charge in [-0.2, -0.15) is 0 Å². The Kier molecular flexibility index (Phi) is 4.95. The van der Waals surface area contributed by atoms with E-state index in [1.54, 1.807) is 37.3 Å². The van der Waals surface area contributed by atoms with E-state index >= 15 is 0 Å². The molecule has 0 aliphatic rings. The van der Waals surface area contributed by atoms with Gasteiger partial charge in [0.15, 0.2) is 0 Å². The number of halogens is 3. The molecule has 0 unspecified atom stereocenters. The molecule has 0 N–H and O–H groups in total. The first-order valence-electron chi connectivity index (χ1n) is 7.22. The highest BCUT2D eigenvalue weighted by molar-refractivity contribution is 6.38. The lowest BCUT2D eigenvalue weighted by atomic mass is 10.0. The summed E-state index contributed by atoms with van der Waals surface area (Å²) < 4.78 is 5.15. The molecule has 0 aliphatic heterocycles. The average Bonchev–Trinajstić information content (AvgIpc) is 2.55. The van der Waals surface area contributed by atoms with Crippen molar-refractivity contribution in [2.24, 2.45) is 0 Å². The maximum atomic E-state index is 12.4. The van der Waals surface area contributed by atoms with E-state index in [1.165, 1.54) is 0 Å². The van der Waals surface area contributed by atoms with Crippen LogP contribution < -0.4 is 0 Å². The number of nitrogens with zero attached hydrogens (tertiary/aromatic N) is 1. The number of rotatable bonds is 3.